The number of fused-ring (bicyclic) bond motifs is 1. The fourth-order valence-corrected chi connectivity index (χ4v) is 3.18. The van der Waals surface area contributed by atoms with Gasteiger partial charge in [-0.1, -0.05) is 0 Å². The molecule has 0 bridgehead atoms. The number of carbonyl (C=O) groups is 1. The van der Waals surface area contributed by atoms with Crippen LogP contribution in [-0.2, 0) is 11.3 Å². The Morgan fingerprint density at radius 2 is 2.00 bits per heavy atom. The van der Waals surface area contributed by atoms with E-state index in [0.717, 1.165) is 32.5 Å². The van der Waals surface area contributed by atoms with Gasteiger partial charge in [0.15, 0.2) is 12.3 Å². The van der Waals surface area contributed by atoms with Gasteiger partial charge in [0.2, 0.25) is 5.88 Å². The SMILES string of the molecule is O=C(COc1ccc2nncn2n1)NC1CCN(Cc2ccncc2)CC1. The van der Waals surface area contributed by atoms with E-state index >= 15 is 0 Å². The highest BCUT2D eigenvalue weighted by Crippen LogP contribution is 2.13. The zero-order valence-electron chi connectivity index (χ0n) is 14.9. The van der Waals surface area contributed by atoms with Crippen molar-refractivity contribution in [1.29, 1.82) is 0 Å². The number of aromatic nitrogens is 5. The Bertz CT molecular complexity index is 891. The topological polar surface area (TPSA) is 97.5 Å². The minimum absolute atomic E-state index is 0.0577. The van der Waals surface area contributed by atoms with Gasteiger partial charge in [-0.05, 0) is 36.6 Å². The van der Waals surface area contributed by atoms with Gasteiger partial charge in [0, 0.05) is 44.1 Å². The van der Waals surface area contributed by atoms with Crippen molar-refractivity contribution in [3.63, 3.8) is 0 Å². The first-order chi connectivity index (χ1) is 13.3. The second-order valence-electron chi connectivity index (χ2n) is 6.57. The highest BCUT2D eigenvalue weighted by molar-refractivity contribution is 5.77. The summed E-state index contributed by atoms with van der Waals surface area (Å²) in [5.74, 6) is 0.234. The van der Waals surface area contributed by atoms with Gasteiger partial charge in [0.05, 0.1) is 0 Å². The summed E-state index contributed by atoms with van der Waals surface area (Å²) in [6.45, 7) is 2.78. The molecule has 0 aromatic carbocycles. The largest absolute Gasteiger partial charge is 0.467 e. The predicted molar refractivity (Wildman–Crippen MR) is 97.0 cm³/mol. The van der Waals surface area contributed by atoms with E-state index in [4.69, 9.17) is 4.74 Å². The molecule has 3 aromatic heterocycles. The standard InChI is InChI=1S/C18H21N7O2/c26-17(12-27-18-2-1-16-22-20-13-25(16)23-18)21-15-5-9-24(10-6-15)11-14-3-7-19-8-4-14/h1-4,7-8,13,15H,5-6,9-12H2,(H,21,26). The smallest absolute Gasteiger partial charge is 0.258 e. The summed E-state index contributed by atoms with van der Waals surface area (Å²) in [5.41, 5.74) is 1.89. The molecule has 1 amide bonds. The van der Waals surface area contributed by atoms with Crippen molar-refractivity contribution < 1.29 is 9.53 Å². The summed E-state index contributed by atoms with van der Waals surface area (Å²) in [7, 11) is 0. The Balaban J connectivity index is 1.20. The maximum absolute atomic E-state index is 12.2. The summed E-state index contributed by atoms with van der Waals surface area (Å²) in [6, 6.07) is 7.68. The van der Waals surface area contributed by atoms with Gasteiger partial charge in [0.1, 0.15) is 6.33 Å². The quantitative estimate of drug-likeness (QED) is 0.684. The Morgan fingerprint density at radius 1 is 1.19 bits per heavy atom. The van der Waals surface area contributed by atoms with Crippen LogP contribution < -0.4 is 10.1 Å². The first-order valence-electron chi connectivity index (χ1n) is 8.97. The van der Waals surface area contributed by atoms with Crippen molar-refractivity contribution in [1.82, 2.24) is 35.0 Å². The Hall–Kier alpha value is -3.07. The second kappa shape index (κ2) is 8.09. The van der Waals surface area contributed by atoms with Crippen molar-refractivity contribution in [3.8, 4) is 5.88 Å². The lowest BCUT2D eigenvalue weighted by Gasteiger charge is -2.32. The van der Waals surface area contributed by atoms with E-state index in [1.54, 1.807) is 12.1 Å². The molecule has 0 radical (unpaired) electrons. The molecule has 1 aliphatic rings. The molecule has 1 fully saturated rings. The highest BCUT2D eigenvalue weighted by Gasteiger charge is 2.21. The summed E-state index contributed by atoms with van der Waals surface area (Å²) in [4.78, 5) is 18.6. The molecule has 0 saturated carbocycles. The number of nitrogens with one attached hydrogen (secondary N) is 1. The molecule has 9 nitrogen and oxygen atoms in total. The molecule has 4 heterocycles. The first-order valence-corrected chi connectivity index (χ1v) is 8.97. The van der Waals surface area contributed by atoms with E-state index in [-0.39, 0.29) is 18.6 Å². The van der Waals surface area contributed by atoms with Gasteiger partial charge in [0.25, 0.3) is 5.91 Å². The van der Waals surface area contributed by atoms with E-state index in [9.17, 15) is 4.79 Å². The Morgan fingerprint density at radius 3 is 2.81 bits per heavy atom. The Labute approximate surface area is 156 Å². The van der Waals surface area contributed by atoms with Crippen LogP contribution in [0.2, 0.25) is 0 Å². The van der Waals surface area contributed by atoms with Crippen molar-refractivity contribution >= 4 is 11.6 Å². The number of hydrogen-bond acceptors (Lipinski definition) is 7. The maximum Gasteiger partial charge on any atom is 0.258 e. The van der Waals surface area contributed by atoms with E-state index in [2.05, 4.69) is 30.5 Å². The molecule has 1 saturated heterocycles. The molecule has 140 valence electrons. The van der Waals surface area contributed by atoms with Gasteiger partial charge in [-0.15, -0.1) is 15.3 Å². The van der Waals surface area contributed by atoms with Crippen molar-refractivity contribution in [2.24, 2.45) is 0 Å². The average molecular weight is 367 g/mol. The van der Waals surface area contributed by atoms with E-state index < -0.39 is 0 Å². The fraction of sp³-hybridized carbons (Fsp3) is 0.389. The number of likely N-dealkylation sites (tertiary alicyclic amines) is 1. The second-order valence-corrected chi connectivity index (χ2v) is 6.57. The fourth-order valence-electron chi connectivity index (χ4n) is 3.18. The van der Waals surface area contributed by atoms with Crippen LogP contribution in [0.3, 0.4) is 0 Å². The monoisotopic (exact) mass is 367 g/mol. The van der Waals surface area contributed by atoms with Crippen LogP contribution in [0.4, 0.5) is 0 Å². The lowest BCUT2D eigenvalue weighted by Crippen LogP contribution is -2.45. The van der Waals surface area contributed by atoms with Crippen LogP contribution in [0.15, 0.2) is 43.0 Å². The summed E-state index contributed by atoms with van der Waals surface area (Å²) in [6.07, 6.45) is 6.99. The summed E-state index contributed by atoms with van der Waals surface area (Å²) in [5, 5.41) is 14.9. The predicted octanol–water partition coefficient (Wildman–Crippen LogP) is 0.679. The van der Waals surface area contributed by atoms with Crippen LogP contribution in [0.5, 0.6) is 5.88 Å². The highest BCUT2D eigenvalue weighted by atomic mass is 16.5. The van der Waals surface area contributed by atoms with Gasteiger partial charge in [-0.25, -0.2) is 0 Å². The van der Waals surface area contributed by atoms with Crippen LogP contribution in [0.25, 0.3) is 5.65 Å². The molecular weight excluding hydrogens is 346 g/mol. The van der Waals surface area contributed by atoms with E-state index in [1.807, 2.05) is 24.5 Å². The normalized spacial score (nSPS) is 15.7. The van der Waals surface area contributed by atoms with Crippen molar-refractivity contribution in [3.05, 3.63) is 48.5 Å². The van der Waals surface area contributed by atoms with E-state index in [1.165, 1.54) is 16.4 Å². The lowest BCUT2D eigenvalue weighted by atomic mass is 10.0. The number of nitrogens with zero attached hydrogens (tertiary/aromatic N) is 6. The molecule has 0 unspecified atom stereocenters. The van der Waals surface area contributed by atoms with Crippen LogP contribution in [0, 0.1) is 0 Å². The van der Waals surface area contributed by atoms with E-state index in [0.29, 0.717) is 11.5 Å². The van der Waals surface area contributed by atoms with Gasteiger partial charge in [-0.2, -0.15) is 4.52 Å². The molecule has 27 heavy (non-hydrogen) atoms. The minimum Gasteiger partial charge on any atom is -0.467 e. The molecule has 4 rings (SSSR count). The number of carbonyl (C=O) groups excluding carboxylic acids is 1. The molecule has 3 aromatic rings. The summed E-state index contributed by atoms with van der Waals surface area (Å²) < 4.78 is 6.98. The number of rotatable bonds is 6. The average Bonchev–Trinajstić information content (AvgIpc) is 3.17. The lowest BCUT2D eigenvalue weighted by molar-refractivity contribution is -0.124. The van der Waals surface area contributed by atoms with Gasteiger partial charge >= 0.3 is 0 Å². The zero-order chi connectivity index (χ0) is 18.5. The minimum atomic E-state index is -0.131. The molecular formula is C18H21N7O2. The third-order valence-corrected chi connectivity index (χ3v) is 4.60. The van der Waals surface area contributed by atoms with Crippen molar-refractivity contribution in [2.45, 2.75) is 25.4 Å². The summed E-state index contributed by atoms with van der Waals surface area (Å²) >= 11 is 0. The number of piperidine rings is 1. The third kappa shape index (κ3) is 4.56. The maximum atomic E-state index is 12.2. The molecule has 1 aliphatic heterocycles. The molecule has 0 atom stereocenters. The number of ether oxygens (including phenoxy) is 1. The van der Waals surface area contributed by atoms with Gasteiger partial charge in [-0.3, -0.25) is 14.7 Å². The first kappa shape index (κ1) is 17.3. The number of amides is 1. The molecule has 0 aliphatic carbocycles. The Kier molecular flexibility index (Phi) is 5.20. The van der Waals surface area contributed by atoms with Crippen molar-refractivity contribution in [2.75, 3.05) is 19.7 Å². The van der Waals surface area contributed by atoms with Crippen LogP contribution >= 0.6 is 0 Å². The zero-order valence-corrected chi connectivity index (χ0v) is 14.9. The molecule has 0 spiro atoms. The molecule has 9 heteroatoms. The van der Waals surface area contributed by atoms with Crippen LogP contribution in [-0.4, -0.2) is 61.3 Å². The van der Waals surface area contributed by atoms with Gasteiger partial charge < -0.3 is 10.1 Å². The number of pyridine rings is 1. The molecule has 1 N–H and O–H groups in total. The number of hydrogen-bond donors (Lipinski definition) is 1. The third-order valence-electron chi connectivity index (χ3n) is 4.60. The van der Waals surface area contributed by atoms with Crippen LogP contribution in [0.1, 0.15) is 18.4 Å².